The minimum atomic E-state index is -0.531. The Hall–Kier alpha value is -2.85. The Kier molecular flexibility index (Phi) is 5.47. The number of hydrogen-bond donors (Lipinski definition) is 0. The average Bonchev–Trinajstić information content (AvgIpc) is 2.91. The molecule has 4 nitrogen and oxygen atoms in total. The number of halogens is 1. The molecule has 0 unspecified atom stereocenters. The van der Waals surface area contributed by atoms with Crippen LogP contribution >= 0.6 is 11.6 Å². The highest BCUT2D eigenvalue weighted by Gasteiger charge is 2.39. The quantitative estimate of drug-likeness (QED) is 0.566. The molecule has 2 aromatic carbocycles. The van der Waals surface area contributed by atoms with E-state index in [4.69, 9.17) is 16.3 Å². The van der Waals surface area contributed by atoms with E-state index in [1.807, 2.05) is 43.3 Å². The van der Waals surface area contributed by atoms with Crippen LogP contribution < -0.4 is 0 Å². The molecule has 1 atom stereocenters. The van der Waals surface area contributed by atoms with Gasteiger partial charge in [0.05, 0.1) is 24.3 Å². The van der Waals surface area contributed by atoms with Gasteiger partial charge in [-0.1, -0.05) is 54.1 Å². The lowest BCUT2D eigenvalue weighted by atomic mass is 10.0. The molecular formula is C22H20ClNO3. The summed E-state index contributed by atoms with van der Waals surface area (Å²) in [6.45, 7) is 3.70. The summed E-state index contributed by atoms with van der Waals surface area (Å²) in [7, 11) is 1.31. The number of methoxy groups -OCH3 is 1. The lowest BCUT2D eigenvalue weighted by Gasteiger charge is -2.26. The zero-order valence-corrected chi connectivity index (χ0v) is 16.2. The predicted octanol–water partition coefficient (Wildman–Crippen LogP) is 4.77. The molecule has 0 radical (unpaired) electrons. The second-order valence-electron chi connectivity index (χ2n) is 6.33. The molecule has 5 heteroatoms. The summed E-state index contributed by atoms with van der Waals surface area (Å²) in [6.07, 6.45) is 1.68. The van der Waals surface area contributed by atoms with Crippen LogP contribution in [0.25, 0.3) is 6.08 Å². The van der Waals surface area contributed by atoms with Crippen molar-refractivity contribution in [2.45, 2.75) is 19.9 Å². The fourth-order valence-electron chi connectivity index (χ4n) is 3.31. The summed E-state index contributed by atoms with van der Waals surface area (Å²) < 4.78 is 4.94. The Balaban J connectivity index is 2.09. The Bertz CT molecular complexity index is 947. The topological polar surface area (TPSA) is 46.6 Å². The van der Waals surface area contributed by atoms with Gasteiger partial charge < -0.3 is 9.64 Å². The highest BCUT2D eigenvalue weighted by molar-refractivity contribution is 6.30. The Morgan fingerprint density at radius 1 is 1.15 bits per heavy atom. The smallest absolute Gasteiger partial charge is 0.340 e. The van der Waals surface area contributed by atoms with Crippen molar-refractivity contribution in [3.8, 4) is 0 Å². The maximum Gasteiger partial charge on any atom is 0.340 e. The van der Waals surface area contributed by atoms with Crippen molar-refractivity contribution >= 4 is 29.6 Å². The van der Waals surface area contributed by atoms with Crippen LogP contribution in [0.15, 0.2) is 71.4 Å². The monoisotopic (exact) mass is 381 g/mol. The van der Waals surface area contributed by atoms with Crippen molar-refractivity contribution in [2.75, 3.05) is 7.11 Å². The van der Waals surface area contributed by atoms with E-state index < -0.39 is 5.97 Å². The van der Waals surface area contributed by atoms with Crippen LogP contribution in [0, 0.1) is 0 Å². The number of nitrogens with zero attached hydrogens (tertiary/aromatic N) is 1. The molecule has 0 saturated heterocycles. The first-order valence-corrected chi connectivity index (χ1v) is 8.97. The molecule has 1 heterocycles. The van der Waals surface area contributed by atoms with E-state index in [1.165, 1.54) is 7.11 Å². The summed E-state index contributed by atoms with van der Waals surface area (Å²) >= 11 is 6.05. The average molecular weight is 382 g/mol. The first kappa shape index (κ1) is 18.9. The third-order valence-electron chi connectivity index (χ3n) is 4.66. The van der Waals surface area contributed by atoms with Gasteiger partial charge in [-0.2, -0.15) is 0 Å². The van der Waals surface area contributed by atoms with Gasteiger partial charge in [0.25, 0.3) is 5.91 Å². The molecule has 1 amide bonds. The fourth-order valence-corrected chi connectivity index (χ4v) is 3.51. The van der Waals surface area contributed by atoms with E-state index in [9.17, 15) is 9.59 Å². The lowest BCUT2D eigenvalue weighted by molar-refractivity contribution is -0.136. The molecule has 138 valence electrons. The largest absolute Gasteiger partial charge is 0.465 e. The molecule has 0 spiro atoms. The van der Waals surface area contributed by atoms with E-state index in [0.717, 1.165) is 11.1 Å². The second kappa shape index (κ2) is 7.80. The molecule has 0 saturated carbocycles. The number of esters is 1. The molecule has 2 aromatic rings. The summed E-state index contributed by atoms with van der Waals surface area (Å²) in [4.78, 5) is 27.3. The molecule has 1 aliphatic rings. The Morgan fingerprint density at radius 3 is 2.48 bits per heavy atom. The van der Waals surface area contributed by atoms with Crippen molar-refractivity contribution in [1.82, 2.24) is 4.90 Å². The van der Waals surface area contributed by atoms with Crippen LogP contribution in [-0.2, 0) is 14.3 Å². The fraction of sp³-hybridized carbons (Fsp3) is 0.182. The van der Waals surface area contributed by atoms with Crippen LogP contribution in [-0.4, -0.2) is 23.9 Å². The van der Waals surface area contributed by atoms with Gasteiger partial charge in [0.15, 0.2) is 0 Å². The lowest BCUT2D eigenvalue weighted by Crippen LogP contribution is -2.28. The number of benzene rings is 2. The van der Waals surface area contributed by atoms with Crippen LogP contribution in [0.5, 0.6) is 0 Å². The predicted molar refractivity (Wildman–Crippen MR) is 106 cm³/mol. The van der Waals surface area contributed by atoms with Crippen molar-refractivity contribution in [1.29, 1.82) is 0 Å². The van der Waals surface area contributed by atoms with Gasteiger partial charge in [-0.15, -0.1) is 0 Å². The van der Waals surface area contributed by atoms with Crippen LogP contribution in [0.1, 0.15) is 31.0 Å². The van der Waals surface area contributed by atoms with Gasteiger partial charge in [0, 0.05) is 10.7 Å². The summed E-state index contributed by atoms with van der Waals surface area (Å²) in [5.41, 5.74) is 2.90. The van der Waals surface area contributed by atoms with E-state index in [-0.39, 0.29) is 17.5 Å². The van der Waals surface area contributed by atoms with E-state index >= 15 is 0 Å². The Labute approximate surface area is 163 Å². The summed E-state index contributed by atoms with van der Waals surface area (Å²) in [6, 6.07) is 16.6. The van der Waals surface area contributed by atoms with Crippen LogP contribution in [0.3, 0.4) is 0 Å². The normalized spacial score (nSPS) is 16.8. The highest BCUT2D eigenvalue weighted by atomic mass is 35.5. The summed E-state index contributed by atoms with van der Waals surface area (Å²) in [5.74, 6) is -0.763. The first-order valence-electron chi connectivity index (χ1n) is 8.59. The molecule has 0 N–H and O–H groups in total. The highest BCUT2D eigenvalue weighted by Crippen LogP contribution is 2.37. The van der Waals surface area contributed by atoms with Crippen molar-refractivity contribution in [2.24, 2.45) is 0 Å². The van der Waals surface area contributed by atoms with E-state index in [1.54, 1.807) is 36.1 Å². The molecule has 0 fully saturated rings. The minimum Gasteiger partial charge on any atom is -0.465 e. The van der Waals surface area contributed by atoms with Crippen LogP contribution in [0.4, 0.5) is 0 Å². The van der Waals surface area contributed by atoms with Gasteiger partial charge in [-0.3, -0.25) is 4.79 Å². The Morgan fingerprint density at radius 2 is 1.85 bits per heavy atom. The van der Waals surface area contributed by atoms with E-state index in [2.05, 4.69) is 0 Å². The number of allylic oxidation sites excluding steroid dienone is 1. The van der Waals surface area contributed by atoms with Gasteiger partial charge in [-0.25, -0.2) is 4.79 Å². The third kappa shape index (κ3) is 3.67. The number of amides is 1. The van der Waals surface area contributed by atoms with Gasteiger partial charge in [0.2, 0.25) is 0 Å². The molecule has 3 rings (SSSR count). The van der Waals surface area contributed by atoms with Crippen molar-refractivity contribution < 1.29 is 14.3 Å². The van der Waals surface area contributed by atoms with Crippen molar-refractivity contribution in [3.63, 3.8) is 0 Å². The van der Waals surface area contributed by atoms with Crippen molar-refractivity contribution in [3.05, 3.63) is 87.6 Å². The van der Waals surface area contributed by atoms with Crippen LogP contribution in [0.2, 0.25) is 5.02 Å². The zero-order chi connectivity index (χ0) is 19.6. The molecule has 0 bridgehead atoms. The number of ether oxygens (including phenoxy) is 1. The standard InChI is InChI=1S/C22H20ClNO3/c1-14(17-9-5-4-6-10-17)24-15(2)20(22(26)27-3)19(21(24)25)13-16-8-7-11-18(23)12-16/h4-14H,1-3H3/b19-13-/t14-/m0/s1. The zero-order valence-electron chi connectivity index (χ0n) is 15.4. The molecule has 0 aliphatic carbocycles. The minimum absolute atomic E-state index is 0.219. The summed E-state index contributed by atoms with van der Waals surface area (Å²) in [5, 5.41) is 0.560. The van der Waals surface area contributed by atoms with Gasteiger partial charge in [0.1, 0.15) is 0 Å². The number of carbonyl (C=O) groups is 2. The van der Waals surface area contributed by atoms with E-state index in [0.29, 0.717) is 16.3 Å². The molecule has 27 heavy (non-hydrogen) atoms. The SMILES string of the molecule is COC(=O)C1=C(C)N([C@@H](C)c2ccccc2)C(=O)/C1=C\c1cccc(Cl)c1. The molecule has 1 aliphatic heterocycles. The maximum absolute atomic E-state index is 13.2. The first-order chi connectivity index (χ1) is 12.9. The number of carbonyl (C=O) groups excluding carboxylic acids is 2. The van der Waals surface area contributed by atoms with Gasteiger partial charge in [-0.05, 0) is 43.2 Å². The third-order valence-corrected chi connectivity index (χ3v) is 4.90. The number of rotatable bonds is 4. The molecular weight excluding hydrogens is 362 g/mol. The number of hydrogen-bond acceptors (Lipinski definition) is 3. The maximum atomic E-state index is 13.2. The van der Waals surface area contributed by atoms with Gasteiger partial charge >= 0.3 is 5.97 Å². The second-order valence-corrected chi connectivity index (χ2v) is 6.76. The molecule has 0 aromatic heterocycles.